The minimum Gasteiger partial charge on any atom is -0.549 e. The third-order valence-electron chi connectivity index (χ3n) is 7.81. The van der Waals surface area contributed by atoms with Crippen LogP contribution in [0, 0.1) is 12.0 Å². The Kier molecular flexibility index (Phi) is 4.50. The van der Waals surface area contributed by atoms with Crippen LogP contribution < -0.4 is 10.0 Å². The van der Waals surface area contributed by atoms with Gasteiger partial charge in [0.15, 0.2) is 5.57 Å². The summed E-state index contributed by atoms with van der Waals surface area (Å²) < 4.78 is 0. The van der Waals surface area contributed by atoms with Gasteiger partial charge in [-0.3, -0.25) is 0 Å². The van der Waals surface area contributed by atoms with E-state index < -0.39 is 11.9 Å². The average molecular weight is 437 g/mol. The van der Waals surface area contributed by atoms with Crippen LogP contribution in [-0.4, -0.2) is 37.0 Å². The first-order chi connectivity index (χ1) is 15.9. The van der Waals surface area contributed by atoms with E-state index in [1.807, 2.05) is 12.2 Å². The fraction of sp³-hybridized carbons (Fsp3) is 0.345. The van der Waals surface area contributed by atoms with E-state index in [4.69, 9.17) is 0 Å². The second kappa shape index (κ2) is 7.33. The molecule has 0 amide bonds. The van der Waals surface area contributed by atoms with Crippen LogP contribution in [0.3, 0.4) is 0 Å². The molecule has 166 valence electrons. The highest BCUT2D eigenvalue weighted by atomic mass is 16.4. The van der Waals surface area contributed by atoms with E-state index in [2.05, 4.69) is 60.1 Å². The number of allylic oxidation sites excluding steroid dienone is 9. The zero-order chi connectivity index (χ0) is 22.7. The van der Waals surface area contributed by atoms with Gasteiger partial charge in [0.05, 0.1) is 40.6 Å². The number of aliphatic carboxylic acids is 1. The van der Waals surface area contributed by atoms with Crippen molar-refractivity contribution < 1.29 is 9.90 Å². The minimum absolute atomic E-state index is 0.224. The lowest BCUT2D eigenvalue weighted by atomic mass is 9.64. The largest absolute Gasteiger partial charge is 0.549 e. The van der Waals surface area contributed by atoms with E-state index in [9.17, 15) is 9.90 Å². The molecular formula is C29H28N2O2. The fourth-order valence-corrected chi connectivity index (χ4v) is 5.55. The Hall–Kier alpha value is -3.36. The number of rotatable bonds is 3. The first kappa shape index (κ1) is 20.3. The van der Waals surface area contributed by atoms with Crippen molar-refractivity contribution in [2.45, 2.75) is 32.1 Å². The van der Waals surface area contributed by atoms with Gasteiger partial charge < -0.3 is 19.7 Å². The van der Waals surface area contributed by atoms with Crippen molar-refractivity contribution in [1.29, 1.82) is 0 Å². The van der Waals surface area contributed by atoms with Crippen LogP contribution in [0.25, 0.3) is 5.57 Å². The standard InChI is InChI=1S/C29H28N2O2/c1-29(2)25-17-19(30-13-5-14-30)9-11-23(25)27(21-7-3-4-8-22(21)28(32)33)24-12-10-20(18-26(24)29)31-15-6-16-31/h3-4,7-11,17-18,22H,5-6,13-16H2,1-2H3. The Morgan fingerprint density at radius 2 is 1.85 bits per heavy atom. The van der Waals surface area contributed by atoms with Crippen LogP contribution in [0.15, 0.2) is 77.1 Å². The summed E-state index contributed by atoms with van der Waals surface area (Å²) in [5.41, 5.74) is 8.55. The van der Waals surface area contributed by atoms with E-state index in [1.165, 1.54) is 35.4 Å². The third-order valence-corrected chi connectivity index (χ3v) is 7.81. The molecule has 5 aliphatic rings. The zero-order valence-corrected chi connectivity index (χ0v) is 19.2. The summed E-state index contributed by atoms with van der Waals surface area (Å²) >= 11 is 0. The summed E-state index contributed by atoms with van der Waals surface area (Å²) in [6.45, 7) is 8.92. The molecule has 0 N–H and O–H groups in total. The smallest absolute Gasteiger partial charge is 0.160 e. The number of fused-ring (bicyclic) bond motifs is 1. The highest BCUT2D eigenvalue weighted by Gasteiger charge is 2.45. The number of carboxylic acid groups (broad SMARTS) is 1. The van der Waals surface area contributed by atoms with Gasteiger partial charge in [-0.2, -0.15) is 0 Å². The lowest BCUT2D eigenvalue weighted by Gasteiger charge is -2.38. The maximum atomic E-state index is 12.1. The molecule has 0 radical (unpaired) electrons. The molecule has 1 unspecified atom stereocenters. The van der Waals surface area contributed by atoms with Crippen LogP contribution in [-0.2, 0) is 10.2 Å². The van der Waals surface area contributed by atoms with Crippen molar-refractivity contribution in [2.75, 3.05) is 31.1 Å². The average Bonchev–Trinajstić information content (AvgIpc) is 2.72. The van der Waals surface area contributed by atoms with E-state index in [0.29, 0.717) is 0 Å². The third kappa shape index (κ3) is 3.05. The van der Waals surface area contributed by atoms with Crippen LogP contribution in [0.5, 0.6) is 0 Å². The molecule has 0 bridgehead atoms. The first-order valence-electron chi connectivity index (χ1n) is 12.0. The topological polar surface area (TPSA) is 46.6 Å². The van der Waals surface area contributed by atoms with E-state index in [1.54, 1.807) is 12.2 Å². The highest BCUT2D eigenvalue weighted by molar-refractivity contribution is 5.95. The number of benzene rings is 1. The molecule has 2 aliphatic heterocycles. The molecule has 2 saturated heterocycles. The number of carbonyl (C=O) groups is 1. The van der Waals surface area contributed by atoms with Gasteiger partial charge in [0, 0.05) is 49.1 Å². The van der Waals surface area contributed by atoms with E-state index in [0.717, 1.165) is 48.5 Å². The number of hydrogen-bond donors (Lipinski definition) is 0. The van der Waals surface area contributed by atoms with Crippen LogP contribution in [0.4, 0.5) is 5.69 Å². The predicted octanol–water partition coefficient (Wildman–Crippen LogP) is 3.69. The number of likely N-dealkylation sites (tertiary alicyclic amines) is 1. The van der Waals surface area contributed by atoms with Gasteiger partial charge in [0.1, 0.15) is 5.70 Å². The Morgan fingerprint density at radius 1 is 1.09 bits per heavy atom. The Balaban J connectivity index is 1.61. The summed E-state index contributed by atoms with van der Waals surface area (Å²) in [6, 6.07) is 6.70. The van der Waals surface area contributed by atoms with Gasteiger partial charge in [-0.1, -0.05) is 18.2 Å². The Labute approximate surface area is 195 Å². The minimum atomic E-state index is -1.07. The maximum absolute atomic E-state index is 12.1. The van der Waals surface area contributed by atoms with Gasteiger partial charge in [0.25, 0.3) is 0 Å². The molecule has 1 aromatic rings. The maximum Gasteiger partial charge on any atom is 0.160 e. The second-order valence-corrected chi connectivity index (χ2v) is 10.1. The Bertz CT molecular complexity index is 1230. The zero-order valence-electron chi connectivity index (χ0n) is 19.2. The van der Waals surface area contributed by atoms with Gasteiger partial charge in [-0.25, -0.2) is 0 Å². The summed E-state index contributed by atoms with van der Waals surface area (Å²) in [5, 5.41) is 12.1. The molecule has 1 aromatic carbocycles. The molecule has 3 aliphatic carbocycles. The second-order valence-electron chi connectivity index (χ2n) is 10.1. The normalized spacial score (nSPS) is 26.7. The van der Waals surface area contributed by atoms with Crippen LogP contribution in [0.2, 0.25) is 0 Å². The van der Waals surface area contributed by atoms with Crippen molar-refractivity contribution in [2.24, 2.45) is 5.92 Å². The van der Waals surface area contributed by atoms with Gasteiger partial charge >= 0.3 is 0 Å². The molecule has 2 heterocycles. The summed E-state index contributed by atoms with van der Waals surface area (Å²) in [6.07, 6.45) is 17.8. The first-order valence-corrected chi connectivity index (χ1v) is 12.0. The van der Waals surface area contributed by atoms with Crippen molar-refractivity contribution in [3.63, 3.8) is 0 Å². The van der Waals surface area contributed by atoms with E-state index >= 15 is 0 Å². The van der Waals surface area contributed by atoms with E-state index in [-0.39, 0.29) is 5.41 Å². The quantitative estimate of drug-likeness (QED) is 0.678. The molecule has 0 spiro atoms. The SMILES string of the molecule is CC1(C)C2=C([C+]=CC(N3CCC3)=C2)C(=C2C=CC=CC2C(=O)[O-])c2ccc(N3CCC3)cc21. The number of anilines is 1. The van der Waals surface area contributed by atoms with Gasteiger partial charge in [0.2, 0.25) is 0 Å². The molecule has 4 heteroatoms. The number of carbonyl (C=O) groups excluding carboxylic acids is 1. The summed E-state index contributed by atoms with van der Waals surface area (Å²) in [5.74, 6) is -1.84. The van der Waals surface area contributed by atoms with Gasteiger partial charge in [-0.15, -0.1) is 0 Å². The lowest BCUT2D eigenvalue weighted by Crippen LogP contribution is -2.38. The molecule has 1 atom stereocenters. The van der Waals surface area contributed by atoms with Crippen LogP contribution in [0.1, 0.15) is 37.8 Å². The monoisotopic (exact) mass is 436 g/mol. The number of nitrogens with zero attached hydrogens (tertiary/aromatic N) is 2. The van der Waals surface area contributed by atoms with Crippen molar-refractivity contribution in [3.05, 3.63) is 94.3 Å². The number of carboxylic acids is 1. The Morgan fingerprint density at radius 3 is 2.52 bits per heavy atom. The van der Waals surface area contributed by atoms with Crippen molar-refractivity contribution in [1.82, 2.24) is 4.90 Å². The fourth-order valence-electron chi connectivity index (χ4n) is 5.55. The molecule has 4 nitrogen and oxygen atoms in total. The van der Waals surface area contributed by atoms with Crippen molar-refractivity contribution in [3.8, 4) is 0 Å². The predicted molar refractivity (Wildman–Crippen MR) is 129 cm³/mol. The molecule has 0 saturated carbocycles. The molecule has 33 heavy (non-hydrogen) atoms. The van der Waals surface area contributed by atoms with Crippen LogP contribution >= 0.6 is 0 Å². The molecule has 2 fully saturated rings. The number of hydrogen-bond acceptors (Lipinski definition) is 4. The molecule has 0 aromatic heterocycles. The summed E-state index contributed by atoms with van der Waals surface area (Å²) in [7, 11) is 0. The lowest BCUT2D eigenvalue weighted by molar-refractivity contribution is -0.308. The molecular weight excluding hydrogens is 408 g/mol. The highest BCUT2D eigenvalue weighted by Crippen LogP contribution is 2.51. The van der Waals surface area contributed by atoms with Gasteiger partial charge in [-0.05, 0) is 56.5 Å². The molecule has 6 rings (SSSR count). The van der Waals surface area contributed by atoms with Crippen molar-refractivity contribution >= 4 is 17.2 Å². The summed E-state index contributed by atoms with van der Waals surface area (Å²) in [4.78, 5) is 16.9.